The highest BCUT2D eigenvalue weighted by Crippen LogP contribution is 2.59. The minimum absolute atomic E-state index is 0.0815. The summed E-state index contributed by atoms with van der Waals surface area (Å²) in [6.07, 6.45) is 5.59. The molecule has 126 valence electrons. The summed E-state index contributed by atoms with van der Waals surface area (Å²) in [5.74, 6) is -0.0272. The van der Waals surface area contributed by atoms with Gasteiger partial charge in [-0.25, -0.2) is 0 Å². The highest BCUT2D eigenvalue weighted by atomic mass is 16.5. The van der Waals surface area contributed by atoms with Crippen LogP contribution in [0.5, 0.6) is 0 Å². The van der Waals surface area contributed by atoms with E-state index >= 15 is 0 Å². The van der Waals surface area contributed by atoms with Crippen molar-refractivity contribution in [3.63, 3.8) is 0 Å². The summed E-state index contributed by atoms with van der Waals surface area (Å²) >= 11 is 0. The van der Waals surface area contributed by atoms with Crippen molar-refractivity contribution in [2.24, 2.45) is 22.7 Å². The minimum atomic E-state index is -0.997. The largest absolute Gasteiger partial charge is 0.462 e. The molecule has 0 aliphatic heterocycles. The Bertz CT molecular complexity index is 454. The molecule has 22 heavy (non-hydrogen) atoms. The van der Waals surface area contributed by atoms with Gasteiger partial charge in [0, 0.05) is 0 Å². The third kappa shape index (κ3) is 3.09. The van der Waals surface area contributed by atoms with Gasteiger partial charge in [-0.15, -0.1) is 0 Å². The van der Waals surface area contributed by atoms with Crippen LogP contribution in [0.25, 0.3) is 0 Å². The van der Waals surface area contributed by atoms with Crippen LogP contribution in [-0.4, -0.2) is 35.5 Å². The number of hydrogen-bond donors (Lipinski definition) is 2. The first-order valence-corrected chi connectivity index (χ1v) is 8.34. The van der Waals surface area contributed by atoms with Crippen LogP contribution < -0.4 is 0 Å². The lowest BCUT2D eigenvalue weighted by atomic mass is 9.49. The quantitative estimate of drug-likeness (QED) is 0.619. The molecule has 1 saturated carbocycles. The molecule has 1 fully saturated rings. The first-order chi connectivity index (χ1) is 10.2. The minimum Gasteiger partial charge on any atom is -0.462 e. The van der Waals surface area contributed by atoms with Crippen molar-refractivity contribution in [3.05, 3.63) is 11.6 Å². The van der Waals surface area contributed by atoms with Crippen LogP contribution >= 0.6 is 0 Å². The van der Waals surface area contributed by atoms with Gasteiger partial charge in [-0.05, 0) is 42.9 Å². The van der Waals surface area contributed by atoms with Crippen molar-refractivity contribution in [3.8, 4) is 0 Å². The van der Waals surface area contributed by atoms with Crippen LogP contribution in [0, 0.1) is 22.7 Å². The fraction of sp³-hybridized carbons (Fsp3) is 0.833. The molecular weight excluding hydrogens is 280 g/mol. The van der Waals surface area contributed by atoms with E-state index in [1.54, 1.807) is 0 Å². The summed E-state index contributed by atoms with van der Waals surface area (Å²) in [4.78, 5) is 12.6. The van der Waals surface area contributed by atoms with Crippen molar-refractivity contribution in [1.29, 1.82) is 0 Å². The first-order valence-electron chi connectivity index (χ1n) is 8.34. The van der Waals surface area contributed by atoms with Crippen LogP contribution in [0.15, 0.2) is 11.6 Å². The Morgan fingerprint density at radius 2 is 2.09 bits per heavy atom. The maximum Gasteiger partial charge on any atom is 0.313 e. The third-order valence-electron chi connectivity index (χ3n) is 5.93. The molecule has 4 heteroatoms. The zero-order valence-electron chi connectivity index (χ0n) is 14.3. The van der Waals surface area contributed by atoms with E-state index in [1.165, 1.54) is 6.42 Å². The molecule has 0 spiro atoms. The Morgan fingerprint density at radius 1 is 1.41 bits per heavy atom. The average Bonchev–Trinajstić information content (AvgIpc) is 2.43. The second-order valence-electron chi connectivity index (χ2n) is 7.98. The molecule has 2 aliphatic carbocycles. The number of rotatable bonds is 4. The lowest BCUT2D eigenvalue weighted by Gasteiger charge is -2.55. The Labute approximate surface area is 133 Å². The SMILES string of the molecule is CC1=CC[C@H]2C(C)(C)CCC[C@]2(C)[C@H]1C(=O)OC[C@@H](O)CO. The summed E-state index contributed by atoms with van der Waals surface area (Å²) < 4.78 is 5.30. The van der Waals surface area contributed by atoms with E-state index in [-0.39, 0.29) is 35.9 Å². The van der Waals surface area contributed by atoms with Gasteiger partial charge in [0.15, 0.2) is 0 Å². The van der Waals surface area contributed by atoms with E-state index in [0.29, 0.717) is 5.92 Å². The Kier molecular flexibility index (Phi) is 5.03. The lowest BCUT2D eigenvalue weighted by Crippen LogP contribution is -2.51. The van der Waals surface area contributed by atoms with E-state index in [9.17, 15) is 9.90 Å². The molecule has 2 rings (SSSR count). The van der Waals surface area contributed by atoms with Gasteiger partial charge in [-0.3, -0.25) is 4.79 Å². The first kappa shape index (κ1) is 17.5. The number of ether oxygens (including phenoxy) is 1. The molecule has 0 amide bonds. The molecule has 2 N–H and O–H groups in total. The number of esters is 1. The lowest BCUT2D eigenvalue weighted by molar-refractivity contribution is -0.161. The fourth-order valence-electron chi connectivity index (χ4n) is 4.81. The predicted octanol–water partition coefficient (Wildman–Crippen LogP) is 2.68. The number of carbonyl (C=O) groups is 1. The zero-order valence-corrected chi connectivity index (χ0v) is 14.3. The van der Waals surface area contributed by atoms with Gasteiger partial charge in [0.1, 0.15) is 12.7 Å². The van der Waals surface area contributed by atoms with E-state index < -0.39 is 6.10 Å². The van der Waals surface area contributed by atoms with E-state index in [0.717, 1.165) is 24.8 Å². The molecule has 2 aliphatic rings. The van der Waals surface area contributed by atoms with Crippen molar-refractivity contribution in [2.75, 3.05) is 13.2 Å². The number of fused-ring (bicyclic) bond motifs is 1. The van der Waals surface area contributed by atoms with Gasteiger partial charge in [0.25, 0.3) is 0 Å². The predicted molar refractivity (Wildman–Crippen MR) is 85.1 cm³/mol. The summed E-state index contributed by atoms with van der Waals surface area (Å²) in [6.45, 7) is 8.33. The summed E-state index contributed by atoms with van der Waals surface area (Å²) in [5.41, 5.74) is 1.23. The Morgan fingerprint density at radius 3 is 2.73 bits per heavy atom. The summed E-state index contributed by atoms with van der Waals surface area (Å²) in [5, 5.41) is 18.3. The van der Waals surface area contributed by atoms with Crippen molar-refractivity contribution < 1.29 is 19.7 Å². The monoisotopic (exact) mass is 310 g/mol. The molecule has 0 aromatic carbocycles. The molecular formula is C18H30O4. The number of carbonyl (C=O) groups excluding carboxylic acids is 1. The van der Waals surface area contributed by atoms with Crippen molar-refractivity contribution >= 4 is 5.97 Å². The molecule has 0 heterocycles. The maximum absolute atomic E-state index is 12.6. The summed E-state index contributed by atoms with van der Waals surface area (Å²) in [6, 6.07) is 0. The zero-order chi connectivity index (χ0) is 16.5. The van der Waals surface area contributed by atoms with Crippen molar-refractivity contribution in [1.82, 2.24) is 0 Å². The number of allylic oxidation sites excluding steroid dienone is 1. The van der Waals surface area contributed by atoms with Crippen LogP contribution in [0.3, 0.4) is 0 Å². The number of aliphatic hydroxyl groups excluding tert-OH is 2. The highest BCUT2D eigenvalue weighted by molar-refractivity contribution is 5.77. The van der Waals surface area contributed by atoms with Gasteiger partial charge in [0.05, 0.1) is 12.5 Å². The third-order valence-corrected chi connectivity index (χ3v) is 5.93. The molecule has 0 aromatic rings. The number of aliphatic hydroxyl groups is 2. The van der Waals surface area contributed by atoms with Crippen molar-refractivity contribution in [2.45, 2.75) is 59.5 Å². The second-order valence-corrected chi connectivity index (χ2v) is 7.98. The molecule has 0 bridgehead atoms. The molecule has 4 atom stereocenters. The van der Waals surface area contributed by atoms with Crippen LogP contribution in [-0.2, 0) is 9.53 Å². The van der Waals surface area contributed by atoms with Crippen LogP contribution in [0.1, 0.15) is 53.4 Å². The standard InChI is InChI=1S/C18H30O4/c1-12-6-7-14-17(2,3)8-5-9-18(14,4)15(12)16(21)22-11-13(20)10-19/h6,13-15,19-20H,5,7-11H2,1-4H3/t13-,14-,15+,18-/m0/s1. The fourth-order valence-corrected chi connectivity index (χ4v) is 4.81. The normalized spacial score (nSPS) is 35.3. The van der Waals surface area contributed by atoms with E-state index in [4.69, 9.17) is 9.84 Å². The van der Waals surface area contributed by atoms with Crippen LogP contribution in [0.4, 0.5) is 0 Å². The van der Waals surface area contributed by atoms with E-state index in [2.05, 4.69) is 26.8 Å². The molecule has 0 unspecified atom stereocenters. The Hall–Kier alpha value is -0.870. The molecule has 0 radical (unpaired) electrons. The van der Waals surface area contributed by atoms with Crippen LogP contribution in [0.2, 0.25) is 0 Å². The second kappa shape index (κ2) is 6.32. The molecule has 0 aromatic heterocycles. The average molecular weight is 310 g/mol. The molecule has 4 nitrogen and oxygen atoms in total. The highest BCUT2D eigenvalue weighted by Gasteiger charge is 2.54. The maximum atomic E-state index is 12.6. The smallest absolute Gasteiger partial charge is 0.313 e. The summed E-state index contributed by atoms with van der Waals surface area (Å²) in [7, 11) is 0. The van der Waals surface area contributed by atoms with Gasteiger partial charge in [-0.2, -0.15) is 0 Å². The van der Waals surface area contributed by atoms with Gasteiger partial charge >= 0.3 is 5.97 Å². The van der Waals surface area contributed by atoms with E-state index in [1.807, 2.05) is 6.92 Å². The van der Waals surface area contributed by atoms with Gasteiger partial charge in [0.2, 0.25) is 0 Å². The Balaban J connectivity index is 2.23. The van der Waals surface area contributed by atoms with Gasteiger partial charge < -0.3 is 14.9 Å². The topological polar surface area (TPSA) is 66.8 Å². The molecule has 0 saturated heterocycles. The van der Waals surface area contributed by atoms with Gasteiger partial charge in [-0.1, -0.05) is 38.8 Å². The number of hydrogen-bond acceptors (Lipinski definition) is 4.